The number of hydrogen-bond acceptors (Lipinski definition) is 5. The number of aromatic nitrogens is 1. The first-order valence-electron chi connectivity index (χ1n) is 7.31. The molecule has 1 heterocycles. The lowest BCUT2D eigenvalue weighted by atomic mass is 10.1. The summed E-state index contributed by atoms with van der Waals surface area (Å²) in [6, 6.07) is 6.42. The van der Waals surface area contributed by atoms with E-state index in [4.69, 9.17) is 0 Å². The molecule has 0 aliphatic heterocycles. The van der Waals surface area contributed by atoms with Gasteiger partial charge in [0.1, 0.15) is 0 Å². The van der Waals surface area contributed by atoms with Crippen LogP contribution in [0.1, 0.15) is 22.6 Å². The molecule has 0 unspecified atom stereocenters. The van der Waals surface area contributed by atoms with E-state index >= 15 is 0 Å². The van der Waals surface area contributed by atoms with Crippen molar-refractivity contribution in [3.63, 3.8) is 0 Å². The van der Waals surface area contributed by atoms with Crippen molar-refractivity contribution in [2.75, 3.05) is 12.8 Å². The van der Waals surface area contributed by atoms with Gasteiger partial charge in [-0.2, -0.15) is 0 Å². The molecule has 0 atom stereocenters. The molecule has 0 spiro atoms. The quantitative estimate of drug-likeness (QED) is 0.775. The molecule has 124 valence electrons. The number of carbonyl (C=O) groups excluding carboxylic acids is 1. The molecule has 1 aromatic carbocycles. The Labute approximate surface area is 140 Å². The summed E-state index contributed by atoms with van der Waals surface area (Å²) in [5.41, 5.74) is 3.70. The SMILES string of the molecule is Cc1ncsc1CCCNC(=O)Cc1ccc(S(C)(=O)=O)cc1. The molecule has 0 aliphatic carbocycles. The van der Waals surface area contributed by atoms with Gasteiger partial charge in [-0.15, -0.1) is 11.3 Å². The van der Waals surface area contributed by atoms with E-state index in [-0.39, 0.29) is 17.2 Å². The molecule has 2 aromatic rings. The summed E-state index contributed by atoms with van der Waals surface area (Å²) in [7, 11) is -3.20. The first-order valence-corrected chi connectivity index (χ1v) is 10.1. The van der Waals surface area contributed by atoms with Crippen molar-refractivity contribution in [1.29, 1.82) is 0 Å². The highest BCUT2D eigenvalue weighted by Crippen LogP contribution is 2.14. The van der Waals surface area contributed by atoms with Crippen LogP contribution in [0.4, 0.5) is 0 Å². The van der Waals surface area contributed by atoms with Gasteiger partial charge >= 0.3 is 0 Å². The van der Waals surface area contributed by atoms with E-state index in [1.165, 1.54) is 23.3 Å². The van der Waals surface area contributed by atoms with Crippen LogP contribution in [0.3, 0.4) is 0 Å². The maximum absolute atomic E-state index is 11.9. The molecule has 1 N–H and O–H groups in total. The van der Waals surface area contributed by atoms with Gasteiger partial charge in [0.05, 0.1) is 22.5 Å². The molecule has 1 amide bonds. The zero-order valence-electron chi connectivity index (χ0n) is 13.2. The minimum absolute atomic E-state index is 0.0573. The predicted molar refractivity (Wildman–Crippen MR) is 91.4 cm³/mol. The van der Waals surface area contributed by atoms with Crippen molar-refractivity contribution in [3.8, 4) is 0 Å². The fourth-order valence-electron chi connectivity index (χ4n) is 2.15. The summed E-state index contributed by atoms with van der Waals surface area (Å²) in [5.74, 6) is -0.0573. The van der Waals surface area contributed by atoms with Crippen LogP contribution >= 0.6 is 11.3 Å². The number of nitrogens with zero attached hydrogens (tertiary/aromatic N) is 1. The van der Waals surface area contributed by atoms with Crippen LogP contribution in [-0.4, -0.2) is 32.1 Å². The van der Waals surface area contributed by atoms with Crippen molar-refractivity contribution in [1.82, 2.24) is 10.3 Å². The normalized spacial score (nSPS) is 11.4. The number of carbonyl (C=O) groups is 1. The number of sulfone groups is 1. The average molecular weight is 352 g/mol. The number of thiazole rings is 1. The van der Waals surface area contributed by atoms with Crippen LogP contribution in [-0.2, 0) is 27.5 Å². The second-order valence-corrected chi connectivity index (χ2v) is 8.36. The van der Waals surface area contributed by atoms with Crippen LogP contribution in [0.5, 0.6) is 0 Å². The Balaban J connectivity index is 1.75. The summed E-state index contributed by atoms with van der Waals surface area (Å²) in [6.45, 7) is 2.61. The van der Waals surface area contributed by atoms with E-state index in [0.29, 0.717) is 6.54 Å². The highest BCUT2D eigenvalue weighted by atomic mass is 32.2. The second kappa shape index (κ2) is 7.70. The van der Waals surface area contributed by atoms with Gasteiger partial charge in [-0.05, 0) is 37.5 Å². The van der Waals surface area contributed by atoms with Gasteiger partial charge in [0, 0.05) is 17.7 Å². The summed E-state index contributed by atoms with van der Waals surface area (Å²) < 4.78 is 22.8. The van der Waals surface area contributed by atoms with Crippen molar-refractivity contribution in [2.45, 2.75) is 31.1 Å². The topological polar surface area (TPSA) is 76.1 Å². The molecule has 0 aliphatic rings. The van der Waals surface area contributed by atoms with Gasteiger partial charge in [-0.1, -0.05) is 12.1 Å². The van der Waals surface area contributed by atoms with Gasteiger partial charge < -0.3 is 5.32 Å². The van der Waals surface area contributed by atoms with E-state index < -0.39 is 9.84 Å². The molecule has 1 aromatic heterocycles. The Bertz CT molecular complexity index is 765. The minimum atomic E-state index is -3.20. The van der Waals surface area contributed by atoms with E-state index in [9.17, 15) is 13.2 Å². The zero-order chi connectivity index (χ0) is 16.9. The minimum Gasteiger partial charge on any atom is -0.356 e. The van der Waals surface area contributed by atoms with E-state index in [1.54, 1.807) is 23.5 Å². The monoisotopic (exact) mass is 352 g/mol. The number of amides is 1. The van der Waals surface area contributed by atoms with Gasteiger partial charge in [-0.3, -0.25) is 4.79 Å². The van der Waals surface area contributed by atoms with Crippen molar-refractivity contribution < 1.29 is 13.2 Å². The third kappa shape index (κ3) is 5.44. The molecule has 0 radical (unpaired) electrons. The highest BCUT2D eigenvalue weighted by Gasteiger charge is 2.08. The Morgan fingerprint density at radius 2 is 1.96 bits per heavy atom. The Morgan fingerprint density at radius 1 is 1.26 bits per heavy atom. The zero-order valence-corrected chi connectivity index (χ0v) is 14.8. The number of nitrogens with one attached hydrogen (secondary N) is 1. The maximum Gasteiger partial charge on any atom is 0.224 e. The lowest BCUT2D eigenvalue weighted by molar-refractivity contribution is -0.120. The smallest absolute Gasteiger partial charge is 0.224 e. The van der Waals surface area contributed by atoms with Crippen molar-refractivity contribution >= 4 is 27.1 Å². The molecule has 2 rings (SSSR count). The first kappa shape index (κ1) is 17.6. The molecular formula is C16H20N2O3S2. The fraction of sp³-hybridized carbons (Fsp3) is 0.375. The summed E-state index contributed by atoms with van der Waals surface area (Å²) in [6.07, 6.45) is 3.21. The van der Waals surface area contributed by atoms with Gasteiger partial charge in [-0.25, -0.2) is 13.4 Å². The molecular weight excluding hydrogens is 332 g/mol. The van der Waals surface area contributed by atoms with Crippen LogP contribution in [0.25, 0.3) is 0 Å². The van der Waals surface area contributed by atoms with Crippen molar-refractivity contribution in [2.24, 2.45) is 0 Å². The van der Waals surface area contributed by atoms with Gasteiger partial charge in [0.25, 0.3) is 0 Å². The Hall–Kier alpha value is -1.73. The molecule has 0 saturated heterocycles. The molecule has 0 bridgehead atoms. The predicted octanol–water partition coefficient (Wildman–Crippen LogP) is 2.15. The molecule has 0 fully saturated rings. The fourth-order valence-corrected chi connectivity index (χ4v) is 3.60. The molecule has 5 nitrogen and oxygen atoms in total. The van der Waals surface area contributed by atoms with Crippen LogP contribution in [0.15, 0.2) is 34.7 Å². The first-order chi connectivity index (χ1) is 10.9. The Morgan fingerprint density at radius 3 is 2.52 bits per heavy atom. The van der Waals surface area contributed by atoms with E-state index in [0.717, 1.165) is 24.1 Å². The third-order valence-electron chi connectivity index (χ3n) is 3.46. The summed E-state index contributed by atoms with van der Waals surface area (Å²) in [5, 5.41) is 2.88. The Kier molecular flexibility index (Phi) is 5.90. The van der Waals surface area contributed by atoms with Gasteiger partial charge in [0.2, 0.25) is 5.91 Å². The van der Waals surface area contributed by atoms with Crippen LogP contribution in [0, 0.1) is 6.92 Å². The largest absolute Gasteiger partial charge is 0.356 e. The van der Waals surface area contributed by atoms with Crippen LogP contribution in [0.2, 0.25) is 0 Å². The molecule has 0 saturated carbocycles. The summed E-state index contributed by atoms with van der Waals surface area (Å²) >= 11 is 1.64. The molecule has 23 heavy (non-hydrogen) atoms. The summed E-state index contributed by atoms with van der Waals surface area (Å²) in [4.78, 5) is 17.6. The number of benzene rings is 1. The average Bonchev–Trinajstić information content (AvgIpc) is 2.89. The standard InChI is InChI=1S/C16H20N2O3S2/c1-12-15(22-11-18-12)4-3-9-17-16(19)10-13-5-7-14(8-6-13)23(2,20)21/h5-8,11H,3-4,9-10H2,1-2H3,(H,17,19). The lowest BCUT2D eigenvalue weighted by Gasteiger charge is -2.06. The number of rotatable bonds is 7. The number of aryl methyl sites for hydroxylation is 2. The number of hydrogen-bond donors (Lipinski definition) is 1. The highest BCUT2D eigenvalue weighted by molar-refractivity contribution is 7.90. The van der Waals surface area contributed by atoms with E-state index in [2.05, 4.69) is 10.3 Å². The van der Waals surface area contributed by atoms with Crippen LogP contribution < -0.4 is 5.32 Å². The van der Waals surface area contributed by atoms with Gasteiger partial charge in [0.15, 0.2) is 9.84 Å². The second-order valence-electron chi connectivity index (χ2n) is 5.41. The lowest BCUT2D eigenvalue weighted by Crippen LogP contribution is -2.26. The maximum atomic E-state index is 11.9. The van der Waals surface area contributed by atoms with E-state index in [1.807, 2.05) is 12.4 Å². The third-order valence-corrected chi connectivity index (χ3v) is 5.59. The van der Waals surface area contributed by atoms with Crippen molar-refractivity contribution in [3.05, 3.63) is 45.9 Å². The molecule has 7 heteroatoms.